The van der Waals surface area contributed by atoms with E-state index >= 15 is 0 Å². The first kappa shape index (κ1) is 48.3. The number of carbonyl (C=O) groups excluding carboxylic acids is 7. The maximum Gasteiger partial charge on any atom is 0.326 e. The molecule has 0 aromatic heterocycles. The first-order valence-corrected chi connectivity index (χ1v) is 19.6. The average molecular weight is 794 g/mol. The van der Waals surface area contributed by atoms with Crippen LogP contribution in [0.3, 0.4) is 0 Å². The van der Waals surface area contributed by atoms with Crippen molar-refractivity contribution in [3.8, 4) is 0 Å². The topological polar surface area (TPSA) is 307 Å². The zero-order valence-electron chi connectivity index (χ0n) is 32.2. The molecule has 0 aliphatic carbocycles. The van der Waals surface area contributed by atoms with Crippen molar-refractivity contribution in [2.24, 2.45) is 23.1 Å². The lowest BCUT2D eigenvalue weighted by atomic mass is 10.0. The van der Waals surface area contributed by atoms with Crippen molar-refractivity contribution in [1.29, 1.82) is 0 Å². The zero-order chi connectivity index (χ0) is 41.7. The fourth-order valence-corrected chi connectivity index (χ4v) is 5.70. The lowest BCUT2D eigenvalue weighted by molar-refractivity contribution is -0.142. The van der Waals surface area contributed by atoms with Gasteiger partial charge in [-0.05, 0) is 76.0 Å². The van der Waals surface area contributed by atoms with Gasteiger partial charge in [0.25, 0.3) is 0 Å². The van der Waals surface area contributed by atoms with Gasteiger partial charge in [-0.25, -0.2) is 4.79 Å². The molecule has 0 radical (unpaired) electrons. The largest absolute Gasteiger partial charge is 0.480 e. The predicted octanol–water partition coefficient (Wildman–Crippen LogP) is -1.61. The SMILES string of the molecule is CSCC[C@H](NC(=O)[C@H](C)NC(=O)[C@H](Cc1ccccc1)NC(=O)[C@H](CCCCN)NC(=O)[C@H](CC(C)C)NC(=O)[C@H](C)NC(=O)[C@@H](N)CC(N)=O)C(=O)O. The minimum Gasteiger partial charge on any atom is -0.480 e. The van der Waals surface area contributed by atoms with Crippen molar-refractivity contribution < 1.29 is 43.5 Å². The number of carbonyl (C=O) groups is 8. The molecule has 7 atom stereocenters. The molecule has 0 saturated carbocycles. The van der Waals surface area contributed by atoms with Gasteiger partial charge in [-0.1, -0.05) is 44.2 Å². The van der Waals surface area contributed by atoms with Gasteiger partial charge in [-0.15, -0.1) is 0 Å². The van der Waals surface area contributed by atoms with Crippen molar-refractivity contribution in [3.63, 3.8) is 0 Å². The standard InChI is InChI=1S/C36H59N9O9S/c1-20(2)17-27(44-31(48)21(3)40-32(49)24(38)19-29(39)46)35(52)42-25(13-9-10-15-37)33(50)45-28(18-23-11-7-6-8-12-23)34(51)41-22(4)30(47)43-26(36(53)54)14-16-55-5/h6-8,11-12,20-22,24-28H,9-10,13-19,37-38H2,1-5H3,(H2,39,46)(H,40,49)(H,41,51)(H,42,52)(H,43,47)(H,44,48)(H,45,50)(H,53,54)/t21-,22-,24-,25-,26-,27-,28-/m0/s1. The lowest BCUT2D eigenvalue weighted by Gasteiger charge is -2.27. The summed E-state index contributed by atoms with van der Waals surface area (Å²) in [5, 5.41) is 24.9. The van der Waals surface area contributed by atoms with Crippen LogP contribution in [0.2, 0.25) is 0 Å². The highest BCUT2D eigenvalue weighted by Crippen LogP contribution is 2.10. The summed E-state index contributed by atoms with van der Waals surface area (Å²) >= 11 is 1.42. The number of unbranched alkanes of at least 4 members (excludes halogenated alkanes) is 1. The Bertz CT molecular complexity index is 1450. The summed E-state index contributed by atoms with van der Waals surface area (Å²) in [6, 6.07) is 0.518. The van der Waals surface area contributed by atoms with Crippen LogP contribution in [0.1, 0.15) is 71.8 Å². The number of amides is 7. The van der Waals surface area contributed by atoms with Crippen molar-refractivity contribution in [3.05, 3.63) is 35.9 Å². The Morgan fingerprint density at radius 3 is 1.71 bits per heavy atom. The Hall–Kier alpha value is -4.75. The molecule has 0 spiro atoms. The van der Waals surface area contributed by atoms with E-state index in [1.165, 1.54) is 25.6 Å². The number of aliphatic carboxylic acids is 1. The second kappa shape index (κ2) is 25.4. The van der Waals surface area contributed by atoms with E-state index in [2.05, 4.69) is 31.9 Å². The Kier molecular flexibility index (Phi) is 22.2. The molecular formula is C36H59N9O9S. The molecule has 19 heteroatoms. The van der Waals surface area contributed by atoms with Crippen LogP contribution in [0, 0.1) is 5.92 Å². The van der Waals surface area contributed by atoms with Gasteiger partial charge >= 0.3 is 5.97 Å². The number of hydrogen-bond donors (Lipinski definition) is 10. The van der Waals surface area contributed by atoms with Gasteiger partial charge in [-0.3, -0.25) is 33.6 Å². The van der Waals surface area contributed by atoms with Crippen LogP contribution in [0.25, 0.3) is 0 Å². The summed E-state index contributed by atoms with van der Waals surface area (Å²) in [6.07, 6.45) is 2.81. The lowest BCUT2D eigenvalue weighted by Crippen LogP contribution is -2.59. The molecule has 0 heterocycles. The van der Waals surface area contributed by atoms with Crippen LogP contribution in [0.4, 0.5) is 0 Å². The molecule has 13 N–H and O–H groups in total. The van der Waals surface area contributed by atoms with E-state index in [1.54, 1.807) is 36.6 Å². The quantitative estimate of drug-likeness (QED) is 0.0474. The highest BCUT2D eigenvalue weighted by atomic mass is 32.2. The third-order valence-electron chi connectivity index (χ3n) is 8.32. The van der Waals surface area contributed by atoms with Gasteiger partial charge in [0, 0.05) is 6.42 Å². The van der Waals surface area contributed by atoms with Gasteiger partial charge in [0.1, 0.15) is 36.3 Å². The zero-order valence-corrected chi connectivity index (χ0v) is 33.0. The molecule has 0 saturated heterocycles. The van der Waals surface area contributed by atoms with Crippen LogP contribution < -0.4 is 49.1 Å². The van der Waals surface area contributed by atoms with Crippen molar-refractivity contribution in [2.75, 3.05) is 18.6 Å². The van der Waals surface area contributed by atoms with E-state index < -0.39 is 96.0 Å². The highest BCUT2D eigenvalue weighted by molar-refractivity contribution is 7.98. The monoisotopic (exact) mass is 793 g/mol. The number of benzene rings is 1. The van der Waals surface area contributed by atoms with Crippen LogP contribution in [-0.4, -0.2) is 113 Å². The fourth-order valence-electron chi connectivity index (χ4n) is 5.23. The Morgan fingerprint density at radius 2 is 1.18 bits per heavy atom. The smallest absolute Gasteiger partial charge is 0.326 e. The van der Waals surface area contributed by atoms with Gasteiger partial charge < -0.3 is 54.2 Å². The molecule has 0 unspecified atom stereocenters. The normalized spacial score (nSPS) is 14.8. The molecule has 1 aromatic carbocycles. The summed E-state index contributed by atoms with van der Waals surface area (Å²) in [5.74, 6) is -5.97. The second-order valence-electron chi connectivity index (χ2n) is 13.7. The predicted molar refractivity (Wildman–Crippen MR) is 208 cm³/mol. The number of primary amides is 1. The van der Waals surface area contributed by atoms with Crippen LogP contribution in [-0.2, 0) is 44.8 Å². The Balaban J connectivity index is 3.24. The van der Waals surface area contributed by atoms with Gasteiger partial charge in [-0.2, -0.15) is 11.8 Å². The van der Waals surface area contributed by atoms with E-state index in [9.17, 15) is 43.5 Å². The van der Waals surface area contributed by atoms with Crippen molar-refractivity contribution in [2.45, 2.75) is 115 Å². The minimum atomic E-state index is -1.28. The van der Waals surface area contributed by atoms with E-state index in [-0.39, 0.29) is 31.6 Å². The van der Waals surface area contributed by atoms with E-state index in [0.29, 0.717) is 30.7 Å². The number of nitrogens with one attached hydrogen (secondary N) is 6. The van der Waals surface area contributed by atoms with Crippen LogP contribution in [0.15, 0.2) is 30.3 Å². The highest BCUT2D eigenvalue weighted by Gasteiger charge is 2.32. The molecule has 0 fully saturated rings. The third kappa shape index (κ3) is 18.9. The number of rotatable bonds is 26. The van der Waals surface area contributed by atoms with Gasteiger partial charge in [0.2, 0.25) is 41.4 Å². The van der Waals surface area contributed by atoms with E-state index in [1.807, 2.05) is 13.8 Å². The third-order valence-corrected chi connectivity index (χ3v) is 8.97. The summed E-state index contributed by atoms with van der Waals surface area (Å²) in [7, 11) is 0. The second-order valence-corrected chi connectivity index (χ2v) is 14.7. The average Bonchev–Trinajstić information content (AvgIpc) is 3.11. The summed E-state index contributed by atoms with van der Waals surface area (Å²) in [5.41, 5.74) is 17.1. The maximum atomic E-state index is 13.9. The molecule has 0 aliphatic rings. The molecule has 18 nitrogen and oxygen atoms in total. The molecular weight excluding hydrogens is 735 g/mol. The fraction of sp³-hybridized carbons (Fsp3) is 0.611. The van der Waals surface area contributed by atoms with Crippen molar-refractivity contribution in [1.82, 2.24) is 31.9 Å². The molecule has 1 aromatic rings. The van der Waals surface area contributed by atoms with E-state index in [0.717, 1.165) is 0 Å². The molecule has 1 rings (SSSR count). The number of nitrogens with two attached hydrogens (primary N) is 3. The molecule has 55 heavy (non-hydrogen) atoms. The molecule has 0 aliphatic heterocycles. The number of hydrogen-bond acceptors (Lipinski definition) is 11. The van der Waals surface area contributed by atoms with Crippen LogP contribution in [0.5, 0.6) is 0 Å². The first-order valence-electron chi connectivity index (χ1n) is 18.2. The number of thioether (sulfide) groups is 1. The maximum absolute atomic E-state index is 13.9. The Morgan fingerprint density at radius 1 is 0.673 bits per heavy atom. The van der Waals surface area contributed by atoms with Gasteiger partial charge in [0.05, 0.1) is 12.5 Å². The first-order chi connectivity index (χ1) is 25.9. The minimum absolute atomic E-state index is 0.0143. The van der Waals surface area contributed by atoms with Gasteiger partial charge in [0.15, 0.2) is 0 Å². The summed E-state index contributed by atoms with van der Waals surface area (Å²) in [6.45, 7) is 6.73. The number of carboxylic acids is 1. The summed E-state index contributed by atoms with van der Waals surface area (Å²) in [4.78, 5) is 102. The molecule has 7 amide bonds. The number of carboxylic acid groups (broad SMARTS) is 1. The molecule has 0 bridgehead atoms. The van der Waals surface area contributed by atoms with E-state index in [4.69, 9.17) is 17.2 Å². The Labute approximate surface area is 326 Å². The summed E-state index contributed by atoms with van der Waals surface area (Å²) < 4.78 is 0. The molecule has 308 valence electrons. The van der Waals surface area contributed by atoms with Crippen LogP contribution >= 0.6 is 11.8 Å². The van der Waals surface area contributed by atoms with Crippen molar-refractivity contribution >= 4 is 59.1 Å².